The first-order valence-electron chi connectivity index (χ1n) is 4.76. The van der Waals surface area contributed by atoms with E-state index >= 15 is 0 Å². The van der Waals surface area contributed by atoms with Crippen molar-refractivity contribution in [3.8, 4) is 0 Å². The van der Waals surface area contributed by atoms with Crippen LogP contribution < -0.4 is 0 Å². The van der Waals surface area contributed by atoms with E-state index in [9.17, 15) is 9.18 Å². The number of carbonyl (C=O) groups is 1. The third kappa shape index (κ3) is 4.53. The Balaban J connectivity index is 2.51. The maximum Gasteiger partial charge on any atom is 0.304 e. The van der Waals surface area contributed by atoms with Crippen LogP contribution in [0.15, 0.2) is 22.7 Å². The number of carboxylic acid groups (broad SMARTS) is 1. The van der Waals surface area contributed by atoms with Gasteiger partial charge in [0.05, 0.1) is 6.42 Å². The van der Waals surface area contributed by atoms with Gasteiger partial charge in [0.15, 0.2) is 0 Å². The van der Waals surface area contributed by atoms with Crippen molar-refractivity contribution in [2.24, 2.45) is 0 Å². The summed E-state index contributed by atoms with van der Waals surface area (Å²) in [6, 6.07) is 4.90. The standard InChI is InChI=1S/C11H12BrFO2S/c1-7(4-11(14)15)16-6-8-2-3-9(12)5-10(8)13/h2-3,5,7H,4,6H2,1H3,(H,14,15). The summed E-state index contributed by atoms with van der Waals surface area (Å²) in [7, 11) is 0. The highest BCUT2D eigenvalue weighted by Gasteiger charge is 2.10. The molecule has 0 aliphatic carbocycles. The van der Waals surface area contributed by atoms with E-state index < -0.39 is 5.97 Å². The minimum Gasteiger partial charge on any atom is -0.481 e. The molecule has 0 heterocycles. The van der Waals surface area contributed by atoms with Gasteiger partial charge in [-0.2, -0.15) is 11.8 Å². The molecule has 1 aromatic rings. The number of benzene rings is 1. The number of aliphatic carboxylic acids is 1. The van der Waals surface area contributed by atoms with Gasteiger partial charge in [-0.15, -0.1) is 0 Å². The predicted octanol–water partition coefficient (Wildman–Crippen LogP) is 3.68. The maximum absolute atomic E-state index is 13.4. The van der Waals surface area contributed by atoms with Crippen molar-refractivity contribution in [1.29, 1.82) is 0 Å². The van der Waals surface area contributed by atoms with Crippen LogP contribution in [0.4, 0.5) is 4.39 Å². The summed E-state index contributed by atoms with van der Waals surface area (Å²) in [5, 5.41) is 8.57. The number of thioether (sulfide) groups is 1. The van der Waals surface area contributed by atoms with Crippen LogP contribution in [0.25, 0.3) is 0 Å². The Morgan fingerprint density at radius 2 is 2.31 bits per heavy atom. The quantitative estimate of drug-likeness (QED) is 0.901. The van der Waals surface area contributed by atoms with Crippen LogP contribution in [0.2, 0.25) is 0 Å². The van der Waals surface area contributed by atoms with Crippen LogP contribution in [0.1, 0.15) is 18.9 Å². The molecule has 0 bridgehead atoms. The highest BCUT2D eigenvalue weighted by molar-refractivity contribution is 9.10. The second kappa shape index (κ2) is 6.25. The SMILES string of the molecule is CC(CC(=O)O)SCc1ccc(Br)cc1F. The number of rotatable bonds is 5. The highest BCUT2D eigenvalue weighted by atomic mass is 79.9. The van der Waals surface area contributed by atoms with Gasteiger partial charge in [0, 0.05) is 15.5 Å². The van der Waals surface area contributed by atoms with Crippen LogP contribution in [0.5, 0.6) is 0 Å². The van der Waals surface area contributed by atoms with Crippen LogP contribution in [-0.4, -0.2) is 16.3 Å². The highest BCUT2D eigenvalue weighted by Crippen LogP contribution is 2.23. The van der Waals surface area contributed by atoms with E-state index in [1.54, 1.807) is 12.1 Å². The average molecular weight is 307 g/mol. The Labute approximate surface area is 106 Å². The molecule has 0 aliphatic heterocycles. The monoisotopic (exact) mass is 306 g/mol. The lowest BCUT2D eigenvalue weighted by Gasteiger charge is -2.09. The van der Waals surface area contributed by atoms with Gasteiger partial charge < -0.3 is 5.11 Å². The third-order valence-electron chi connectivity index (χ3n) is 2.00. The van der Waals surface area contributed by atoms with Crippen molar-refractivity contribution in [2.45, 2.75) is 24.3 Å². The molecule has 0 fully saturated rings. The Hall–Kier alpha value is -0.550. The van der Waals surface area contributed by atoms with Crippen molar-refractivity contribution in [3.05, 3.63) is 34.1 Å². The first-order chi connectivity index (χ1) is 7.49. The zero-order valence-corrected chi connectivity index (χ0v) is 11.1. The topological polar surface area (TPSA) is 37.3 Å². The predicted molar refractivity (Wildman–Crippen MR) is 67.1 cm³/mol. The van der Waals surface area contributed by atoms with Gasteiger partial charge in [0.2, 0.25) is 0 Å². The van der Waals surface area contributed by atoms with Crippen LogP contribution in [0, 0.1) is 5.82 Å². The molecule has 2 nitrogen and oxygen atoms in total. The van der Waals surface area contributed by atoms with E-state index in [0.717, 1.165) is 0 Å². The van der Waals surface area contributed by atoms with Crippen LogP contribution in [0.3, 0.4) is 0 Å². The summed E-state index contributed by atoms with van der Waals surface area (Å²) >= 11 is 4.63. The van der Waals surface area contributed by atoms with Crippen molar-refractivity contribution in [1.82, 2.24) is 0 Å². The summed E-state index contributed by atoms with van der Waals surface area (Å²) < 4.78 is 14.1. The zero-order chi connectivity index (χ0) is 12.1. The molecule has 0 saturated carbocycles. The van der Waals surface area contributed by atoms with E-state index in [0.29, 0.717) is 15.8 Å². The summed E-state index contributed by atoms with van der Waals surface area (Å²) in [6.45, 7) is 1.83. The second-order valence-corrected chi connectivity index (χ2v) is 5.80. The summed E-state index contributed by atoms with van der Waals surface area (Å²) in [6.07, 6.45) is 0.100. The van der Waals surface area contributed by atoms with Gasteiger partial charge in [-0.1, -0.05) is 28.9 Å². The minimum atomic E-state index is -0.823. The van der Waals surface area contributed by atoms with E-state index in [1.807, 2.05) is 6.92 Å². The molecule has 5 heteroatoms. The molecular formula is C11H12BrFO2S. The molecule has 88 valence electrons. The lowest BCUT2D eigenvalue weighted by Crippen LogP contribution is -2.06. The lowest BCUT2D eigenvalue weighted by molar-refractivity contribution is -0.136. The largest absolute Gasteiger partial charge is 0.481 e. The molecule has 0 spiro atoms. The molecule has 1 N–H and O–H groups in total. The van der Waals surface area contributed by atoms with Gasteiger partial charge in [-0.3, -0.25) is 4.79 Å². The fourth-order valence-electron chi connectivity index (χ4n) is 1.18. The molecule has 0 radical (unpaired) electrons. The van der Waals surface area contributed by atoms with Gasteiger partial charge in [0.25, 0.3) is 0 Å². The Kier molecular flexibility index (Phi) is 5.28. The number of carboxylic acids is 1. The Morgan fingerprint density at radius 1 is 1.62 bits per heavy atom. The lowest BCUT2D eigenvalue weighted by atomic mass is 10.2. The molecule has 1 atom stereocenters. The van der Waals surface area contributed by atoms with Crippen molar-refractivity contribution in [2.75, 3.05) is 0 Å². The molecular weight excluding hydrogens is 295 g/mol. The first-order valence-corrected chi connectivity index (χ1v) is 6.60. The molecule has 0 aromatic heterocycles. The zero-order valence-electron chi connectivity index (χ0n) is 8.74. The van der Waals surface area contributed by atoms with Crippen LogP contribution in [-0.2, 0) is 10.5 Å². The third-order valence-corrected chi connectivity index (χ3v) is 3.71. The molecule has 16 heavy (non-hydrogen) atoms. The molecule has 1 unspecified atom stereocenters. The van der Waals surface area contributed by atoms with Crippen molar-refractivity contribution in [3.63, 3.8) is 0 Å². The molecule has 0 amide bonds. The summed E-state index contributed by atoms with van der Waals surface area (Å²) in [5.41, 5.74) is 0.602. The molecule has 0 aliphatic rings. The van der Waals surface area contributed by atoms with Gasteiger partial charge in [-0.05, 0) is 17.7 Å². The van der Waals surface area contributed by atoms with Crippen molar-refractivity contribution < 1.29 is 14.3 Å². The summed E-state index contributed by atoms with van der Waals surface area (Å²) in [5.74, 6) is -0.589. The average Bonchev–Trinajstić information content (AvgIpc) is 2.15. The second-order valence-electron chi connectivity index (χ2n) is 3.46. The van der Waals surface area contributed by atoms with E-state index in [4.69, 9.17) is 5.11 Å². The Morgan fingerprint density at radius 3 is 2.88 bits per heavy atom. The van der Waals surface area contributed by atoms with Crippen LogP contribution >= 0.6 is 27.7 Å². The smallest absolute Gasteiger partial charge is 0.304 e. The normalized spacial score (nSPS) is 12.4. The first kappa shape index (κ1) is 13.5. The number of hydrogen-bond acceptors (Lipinski definition) is 2. The fraction of sp³-hybridized carbons (Fsp3) is 0.364. The number of halogens is 2. The van der Waals surface area contributed by atoms with Gasteiger partial charge in [0.1, 0.15) is 5.82 Å². The van der Waals surface area contributed by atoms with E-state index in [-0.39, 0.29) is 17.5 Å². The molecule has 1 rings (SSSR count). The van der Waals surface area contributed by atoms with Gasteiger partial charge >= 0.3 is 5.97 Å². The van der Waals surface area contributed by atoms with Gasteiger partial charge in [-0.25, -0.2) is 4.39 Å². The summed E-state index contributed by atoms with van der Waals surface area (Å²) in [4.78, 5) is 10.4. The fourth-order valence-corrected chi connectivity index (χ4v) is 2.47. The molecule has 0 saturated heterocycles. The maximum atomic E-state index is 13.4. The van der Waals surface area contributed by atoms with Crippen molar-refractivity contribution >= 4 is 33.7 Å². The van der Waals surface area contributed by atoms with E-state index in [1.165, 1.54) is 17.8 Å². The molecule has 1 aromatic carbocycles. The van der Waals surface area contributed by atoms with E-state index in [2.05, 4.69) is 15.9 Å². The number of hydrogen-bond donors (Lipinski definition) is 1. The minimum absolute atomic E-state index is 0.0134. The Bertz CT molecular complexity index is 384.